The molecular weight excluding hydrogens is 366 g/mol. The number of nitrogens with zero attached hydrogens (tertiary/aromatic N) is 4. The molecule has 2 aromatic heterocycles. The van der Waals surface area contributed by atoms with Crippen molar-refractivity contribution in [3.05, 3.63) is 22.5 Å². The molecule has 28 heavy (non-hydrogen) atoms. The number of carbonyl (C=O) groups excluding carboxylic acids is 1. The van der Waals surface area contributed by atoms with Crippen LogP contribution in [0.1, 0.15) is 32.7 Å². The Kier molecular flexibility index (Phi) is 7.05. The van der Waals surface area contributed by atoms with E-state index >= 15 is 0 Å². The lowest BCUT2D eigenvalue weighted by atomic mass is 10.2. The van der Waals surface area contributed by atoms with Crippen molar-refractivity contribution in [2.45, 2.75) is 32.7 Å². The van der Waals surface area contributed by atoms with Crippen LogP contribution < -0.4 is 15.8 Å². The fourth-order valence-corrected chi connectivity index (χ4v) is 2.73. The van der Waals surface area contributed by atoms with Crippen LogP contribution in [0.15, 0.2) is 16.9 Å². The summed E-state index contributed by atoms with van der Waals surface area (Å²) in [5, 5.41) is 11.6. The van der Waals surface area contributed by atoms with E-state index in [-0.39, 0.29) is 30.7 Å². The summed E-state index contributed by atoms with van der Waals surface area (Å²) in [5.41, 5.74) is 0.368. The van der Waals surface area contributed by atoms with E-state index in [1.54, 1.807) is 26.3 Å². The first-order chi connectivity index (χ1) is 13.3. The number of carboxylic acid groups (broad SMARTS) is 1. The molecule has 0 saturated carbocycles. The van der Waals surface area contributed by atoms with Crippen LogP contribution in [-0.4, -0.2) is 58.8 Å². The predicted molar refractivity (Wildman–Crippen MR) is 105 cm³/mol. The van der Waals surface area contributed by atoms with Crippen LogP contribution in [0, 0.1) is 0 Å². The van der Waals surface area contributed by atoms with Gasteiger partial charge in [0.25, 0.3) is 5.56 Å². The summed E-state index contributed by atoms with van der Waals surface area (Å²) in [6.07, 6.45) is 0.463. The van der Waals surface area contributed by atoms with Crippen LogP contribution in [0.5, 0.6) is 0 Å². The third kappa shape index (κ3) is 4.63. The molecule has 0 saturated heterocycles. The number of fused-ring (bicyclic) bond motifs is 1. The van der Waals surface area contributed by atoms with Gasteiger partial charge in [-0.3, -0.25) is 19.0 Å². The Bertz CT molecular complexity index is 926. The minimum Gasteiger partial charge on any atom is -0.481 e. The van der Waals surface area contributed by atoms with Crippen molar-refractivity contribution >= 4 is 34.7 Å². The fourth-order valence-electron chi connectivity index (χ4n) is 2.73. The third-order valence-corrected chi connectivity index (χ3v) is 4.36. The number of hydrogen-bond acceptors (Lipinski definition) is 7. The number of amides is 1. The molecule has 152 valence electrons. The molecule has 2 N–H and O–H groups in total. The van der Waals surface area contributed by atoms with Gasteiger partial charge >= 0.3 is 5.97 Å². The number of rotatable bonds is 9. The van der Waals surface area contributed by atoms with E-state index in [0.717, 1.165) is 0 Å². The van der Waals surface area contributed by atoms with Crippen molar-refractivity contribution < 1.29 is 19.4 Å². The van der Waals surface area contributed by atoms with Crippen molar-refractivity contribution in [1.82, 2.24) is 14.5 Å². The molecule has 2 heterocycles. The topological polar surface area (TPSA) is 127 Å². The SMILES string of the molecule is CC[C@H](COC)n1c(=O)c(NCCC(=O)O)nc2ccc(N(C)C(C)=O)nc21. The Morgan fingerprint density at radius 2 is 2.07 bits per heavy atom. The van der Waals surface area contributed by atoms with Crippen LogP contribution in [0.2, 0.25) is 0 Å². The lowest BCUT2D eigenvalue weighted by molar-refractivity contribution is -0.136. The number of carbonyl (C=O) groups is 2. The molecule has 0 aromatic carbocycles. The van der Waals surface area contributed by atoms with E-state index in [1.165, 1.54) is 16.4 Å². The van der Waals surface area contributed by atoms with Crippen LogP contribution in [0.25, 0.3) is 11.2 Å². The fraction of sp³-hybridized carbons (Fsp3) is 0.500. The smallest absolute Gasteiger partial charge is 0.305 e. The number of methoxy groups -OCH3 is 1. The molecule has 0 aliphatic heterocycles. The molecule has 2 rings (SSSR count). The largest absolute Gasteiger partial charge is 0.481 e. The number of aromatic nitrogens is 3. The van der Waals surface area contributed by atoms with Gasteiger partial charge in [-0.1, -0.05) is 6.92 Å². The molecule has 0 aliphatic rings. The Hall–Kier alpha value is -3.01. The quantitative estimate of drug-likeness (QED) is 0.654. The Morgan fingerprint density at radius 1 is 1.36 bits per heavy atom. The third-order valence-electron chi connectivity index (χ3n) is 4.36. The minimum atomic E-state index is -0.974. The van der Waals surface area contributed by atoms with Gasteiger partial charge in [-0.15, -0.1) is 0 Å². The average Bonchev–Trinajstić information content (AvgIpc) is 2.66. The van der Waals surface area contributed by atoms with Gasteiger partial charge in [0.1, 0.15) is 11.3 Å². The molecule has 0 bridgehead atoms. The summed E-state index contributed by atoms with van der Waals surface area (Å²) in [6, 6.07) is 3.02. The zero-order chi connectivity index (χ0) is 20.8. The van der Waals surface area contributed by atoms with Crippen molar-refractivity contribution in [1.29, 1.82) is 0 Å². The van der Waals surface area contributed by atoms with Gasteiger partial charge in [0.05, 0.1) is 19.1 Å². The second-order valence-electron chi connectivity index (χ2n) is 6.31. The highest BCUT2D eigenvalue weighted by atomic mass is 16.5. The minimum absolute atomic E-state index is 0.0535. The first kappa shape index (κ1) is 21.3. The van der Waals surface area contributed by atoms with Crippen LogP contribution in [0.3, 0.4) is 0 Å². The molecule has 10 nitrogen and oxygen atoms in total. The van der Waals surface area contributed by atoms with Crippen LogP contribution in [-0.2, 0) is 14.3 Å². The first-order valence-electron chi connectivity index (χ1n) is 8.92. The van der Waals surface area contributed by atoms with Crippen molar-refractivity contribution in [3.8, 4) is 0 Å². The molecule has 2 aromatic rings. The Labute approximate surface area is 162 Å². The summed E-state index contributed by atoms with van der Waals surface area (Å²) in [4.78, 5) is 45.7. The maximum absolute atomic E-state index is 13.1. The number of nitrogens with one attached hydrogen (secondary N) is 1. The zero-order valence-electron chi connectivity index (χ0n) is 16.4. The predicted octanol–water partition coefficient (Wildman–Crippen LogP) is 1.26. The molecule has 10 heteroatoms. The Morgan fingerprint density at radius 3 is 2.64 bits per heavy atom. The van der Waals surface area contributed by atoms with Crippen molar-refractivity contribution in [3.63, 3.8) is 0 Å². The molecule has 1 atom stereocenters. The molecule has 0 spiro atoms. The first-order valence-corrected chi connectivity index (χ1v) is 8.92. The van der Waals surface area contributed by atoms with E-state index in [1.807, 2.05) is 6.92 Å². The standard InChI is InChI=1S/C18H25N5O5/c1-5-12(10-28-4)23-17-13(6-7-14(21-17)22(3)11(2)24)20-16(18(23)27)19-9-8-15(25)26/h6-7,12H,5,8-10H2,1-4H3,(H,19,20)(H,25,26)/t12-/m1/s1. The summed E-state index contributed by atoms with van der Waals surface area (Å²) in [5.74, 6) is -0.714. The highest BCUT2D eigenvalue weighted by Gasteiger charge is 2.20. The van der Waals surface area contributed by atoms with E-state index in [2.05, 4.69) is 15.3 Å². The molecule has 0 unspecified atom stereocenters. The highest BCUT2D eigenvalue weighted by molar-refractivity contribution is 5.91. The lowest BCUT2D eigenvalue weighted by Gasteiger charge is -2.21. The number of hydrogen-bond donors (Lipinski definition) is 2. The maximum Gasteiger partial charge on any atom is 0.305 e. The number of pyridine rings is 1. The maximum atomic E-state index is 13.1. The number of carboxylic acids is 1. The van der Waals surface area contributed by atoms with E-state index in [0.29, 0.717) is 30.0 Å². The van der Waals surface area contributed by atoms with Crippen LogP contribution >= 0.6 is 0 Å². The van der Waals surface area contributed by atoms with Crippen molar-refractivity contribution in [2.75, 3.05) is 37.5 Å². The van der Waals surface area contributed by atoms with Gasteiger partial charge in [-0.05, 0) is 18.6 Å². The summed E-state index contributed by atoms with van der Waals surface area (Å²) >= 11 is 0. The van der Waals surface area contributed by atoms with Crippen LogP contribution in [0.4, 0.5) is 11.6 Å². The molecular formula is C18H25N5O5. The van der Waals surface area contributed by atoms with Gasteiger partial charge in [0.15, 0.2) is 11.5 Å². The molecule has 0 aliphatic carbocycles. The average molecular weight is 391 g/mol. The highest BCUT2D eigenvalue weighted by Crippen LogP contribution is 2.21. The second kappa shape index (κ2) is 9.27. The number of ether oxygens (including phenoxy) is 1. The zero-order valence-corrected chi connectivity index (χ0v) is 16.4. The van der Waals surface area contributed by atoms with Crippen molar-refractivity contribution in [2.24, 2.45) is 0 Å². The second-order valence-corrected chi connectivity index (χ2v) is 6.31. The van der Waals surface area contributed by atoms with E-state index in [9.17, 15) is 14.4 Å². The molecule has 1 amide bonds. The number of aliphatic carboxylic acids is 1. The monoisotopic (exact) mass is 391 g/mol. The summed E-state index contributed by atoms with van der Waals surface area (Å²) in [7, 11) is 3.14. The van der Waals surface area contributed by atoms with E-state index in [4.69, 9.17) is 9.84 Å². The number of anilines is 2. The summed E-state index contributed by atoms with van der Waals surface area (Å²) < 4.78 is 6.74. The molecule has 0 radical (unpaired) electrons. The summed E-state index contributed by atoms with van der Waals surface area (Å²) in [6.45, 7) is 3.71. The lowest BCUT2D eigenvalue weighted by Crippen LogP contribution is -2.32. The van der Waals surface area contributed by atoms with Gasteiger partial charge < -0.3 is 20.1 Å². The van der Waals surface area contributed by atoms with Gasteiger partial charge in [0.2, 0.25) is 5.91 Å². The van der Waals surface area contributed by atoms with Gasteiger partial charge in [0, 0.05) is 27.6 Å². The normalized spacial score (nSPS) is 12.0. The van der Waals surface area contributed by atoms with Gasteiger partial charge in [-0.2, -0.15) is 0 Å². The van der Waals surface area contributed by atoms with Gasteiger partial charge in [-0.25, -0.2) is 9.97 Å². The van der Waals surface area contributed by atoms with E-state index < -0.39 is 11.5 Å². The molecule has 0 fully saturated rings. The Balaban J connectivity index is 2.65.